The van der Waals surface area contributed by atoms with Crippen molar-refractivity contribution in [3.8, 4) is 0 Å². The highest BCUT2D eigenvalue weighted by atomic mass is 35.5. The molecule has 0 spiro atoms. The molecule has 4 rings (SSSR count). The number of nitrogens with zero attached hydrogens (tertiary/aromatic N) is 5. The zero-order valence-corrected chi connectivity index (χ0v) is 17.5. The Hall–Kier alpha value is -3.87. The second-order valence-electron chi connectivity index (χ2n) is 7.12. The van der Waals surface area contributed by atoms with E-state index in [9.17, 15) is 31.5 Å². The summed E-state index contributed by atoms with van der Waals surface area (Å²) in [6, 6.07) is 5.30. The van der Waals surface area contributed by atoms with Crippen molar-refractivity contribution in [2.75, 3.05) is 5.32 Å². The van der Waals surface area contributed by atoms with Crippen molar-refractivity contribution >= 4 is 34.4 Å². The number of hydrogen-bond donors (Lipinski definition) is 1. The Morgan fingerprint density at radius 2 is 1.79 bits per heavy atom. The Kier molecular flexibility index (Phi) is 6.04. The second-order valence-corrected chi connectivity index (χ2v) is 7.52. The molecule has 1 N–H and O–H groups in total. The lowest BCUT2D eigenvalue weighted by Crippen LogP contribution is -2.28. The molecule has 0 radical (unpaired) electrons. The highest BCUT2D eigenvalue weighted by molar-refractivity contribution is 6.33. The summed E-state index contributed by atoms with van der Waals surface area (Å²) in [5.74, 6) is -2.42. The zero-order chi connectivity index (χ0) is 24.6. The summed E-state index contributed by atoms with van der Waals surface area (Å²) in [6.45, 7) is -0.730. The van der Waals surface area contributed by atoms with E-state index in [0.29, 0.717) is 12.1 Å². The first-order valence-electron chi connectivity index (χ1n) is 9.41. The molecule has 0 bridgehead atoms. The van der Waals surface area contributed by atoms with Gasteiger partial charge in [-0.05, 0) is 35.9 Å². The molecule has 34 heavy (non-hydrogen) atoms. The van der Waals surface area contributed by atoms with Crippen LogP contribution in [0.1, 0.15) is 11.1 Å². The molecule has 2 heterocycles. The molecule has 2 aromatic carbocycles. The fourth-order valence-corrected chi connectivity index (χ4v) is 3.29. The lowest BCUT2D eigenvalue weighted by molar-refractivity contribution is -0.137. The molecule has 0 aliphatic rings. The van der Waals surface area contributed by atoms with Gasteiger partial charge in [0.15, 0.2) is 11.2 Å². The number of anilines is 1. The van der Waals surface area contributed by atoms with Gasteiger partial charge in [0.1, 0.15) is 24.5 Å². The number of halogens is 6. The molecule has 0 aliphatic carbocycles. The van der Waals surface area contributed by atoms with E-state index in [1.165, 1.54) is 0 Å². The Morgan fingerprint density at radius 1 is 1.09 bits per heavy atom. The van der Waals surface area contributed by atoms with Gasteiger partial charge in [-0.25, -0.2) is 18.4 Å². The van der Waals surface area contributed by atoms with Crippen LogP contribution >= 0.6 is 11.6 Å². The number of aromatic nitrogens is 5. The third-order valence-corrected chi connectivity index (χ3v) is 4.96. The van der Waals surface area contributed by atoms with Crippen molar-refractivity contribution in [2.45, 2.75) is 19.3 Å². The van der Waals surface area contributed by atoms with Gasteiger partial charge >= 0.3 is 6.18 Å². The van der Waals surface area contributed by atoms with Crippen LogP contribution in [0.3, 0.4) is 0 Å². The number of amides is 1. The third-order valence-electron chi connectivity index (χ3n) is 4.63. The lowest BCUT2D eigenvalue weighted by Gasteiger charge is -2.12. The van der Waals surface area contributed by atoms with Gasteiger partial charge in [0.25, 0.3) is 5.56 Å². The predicted octanol–water partition coefficient (Wildman–Crippen LogP) is 3.63. The van der Waals surface area contributed by atoms with Crippen LogP contribution in [0.2, 0.25) is 5.02 Å². The number of hydrogen-bond acceptors (Lipinski definition) is 5. The number of carbonyl (C=O) groups excluding carboxylic acids is 1. The lowest BCUT2D eigenvalue weighted by atomic mass is 10.2. The Morgan fingerprint density at radius 3 is 2.47 bits per heavy atom. The van der Waals surface area contributed by atoms with Gasteiger partial charge in [0.05, 0.1) is 22.8 Å². The first kappa shape index (κ1) is 23.3. The summed E-state index contributed by atoms with van der Waals surface area (Å²) in [4.78, 5) is 29.0. The minimum absolute atomic E-state index is 0.00671. The van der Waals surface area contributed by atoms with Crippen molar-refractivity contribution in [1.82, 2.24) is 24.5 Å². The van der Waals surface area contributed by atoms with E-state index in [0.717, 1.165) is 39.8 Å². The van der Waals surface area contributed by atoms with E-state index in [2.05, 4.69) is 20.6 Å². The third kappa shape index (κ3) is 4.88. The molecule has 4 aromatic rings. The van der Waals surface area contributed by atoms with Gasteiger partial charge in [0.2, 0.25) is 5.91 Å². The number of rotatable bonds is 5. The van der Waals surface area contributed by atoms with Crippen LogP contribution in [0.15, 0.2) is 47.5 Å². The SMILES string of the molecule is O=C(Cn1cnc2c(nnn2Cc2cc(F)cc(F)c2)c1=O)Nc1cc(C(F)(F)F)ccc1Cl. The van der Waals surface area contributed by atoms with Crippen LogP contribution in [0.5, 0.6) is 0 Å². The molecule has 0 unspecified atom stereocenters. The fraction of sp³-hybridized carbons (Fsp3) is 0.150. The largest absolute Gasteiger partial charge is 0.416 e. The van der Waals surface area contributed by atoms with E-state index >= 15 is 0 Å². The minimum atomic E-state index is -4.64. The molecule has 0 saturated heterocycles. The Bertz CT molecular complexity index is 1450. The summed E-state index contributed by atoms with van der Waals surface area (Å²) in [5.41, 5.74) is -2.05. The summed E-state index contributed by atoms with van der Waals surface area (Å²) >= 11 is 5.86. The number of benzene rings is 2. The van der Waals surface area contributed by atoms with E-state index in [-0.39, 0.29) is 34.0 Å². The van der Waals surface area contributed by atoms with Crippen LogP contribution in [0, 0.1) is 11.6 Å². The van der Waals surface area contributed by atoms with Crippen LogP contribution in [-0.2, 0) is 24.1 Å². The average molecular weight is 499 g/mol. The fourth-order valence-electron chi connectivity index (χ4n) is 3.12. The van der Waals surface area contributed by atoms with Crippen LogP contribution in [0.25, 0.3) is 11.2 Å². The smallest absolute Gasteiger partial charge is 0.323 e. The summed E-state index contributed by atoms with van der Waals surface area (Å²) in [6.07, 6.45) is -3.62. The monoisotopic (exact) mass is 498 g/mol. The summed E-state index contributed by atoms with van der Waals surface area (Å²) < 4.78 is 67.6. The van der Waals surface area contributed by atoms with E-state index in [1.807, 2.05) is 0 Å². The summed E-state index contributed by atoms with van der Waals surface area (Å²) in [5, 5.41) is 9.58. The van der Waals surface area contributed by atoms with Gasteiger partial charge in [0, 0.05) is 6.07 Å². The predicted molar refractivity (Wildman–Crippen MR) is 110 cm³/mol. The van der Waals surface area contributed by atoms with Crippen molar-refractivity contribution in [3.63, 3.8) is 0 Å². The second kappa shape index (κ2) is 8.82. The number of alkyl halides is 3. The molecule has 1 amide bonds. The number of nitrogens with one attached hydrogen (secondary N) is 1. The molecule has 0 saturated carbocycles. The maximum Gasteiger partial charge on any atom is 0.416 e. The zero-order valence-electron chi connectivity index (χ0n) is 16.8. The van der Waals surface area contributed by atoms with Gasteiger partial charge in [-0.3, -0.25) is 14.2 Å². The molecule has 0 fully saturated rings. The highest BCUT2D eigenvalue weighted by Gasteiger charge is 2.31. The number of fused-ring (bicyclic) bond motifs is 1. The van der Waals surface area contributed by atoms with Gasteiger partial charge < -0.3 is 5.32 Å². The van der Waals surface area contributed by atoms with Gasteiger partial charge in [-0.1, -0.05) is 16.8 Å². The van der Waals surface area contributed by atoms with Crippen molar-refractivity contribution in [3.05, 3.63) is 80.9 Å². The topological polar surface area (TPSA) is 94.7 Å². The van der Waals surface area contributed by atoms with E-state index in [4.69, 9.17) is 11.6 Å². The van der Waals surface area contributed by atoms with Crippen molar-refractivity contribution < 1.29 is 26.7 Å². The van der Waals surface area contributed by atoms with Crippen LogP contribution in [0.4, 0.5) is 27.6 Å². The number of carbonyl (C=O) groups is 1. The van der Waals surface area contributed by atoms with Crippen molar-refractivity contribution in [1.29, 1.82) is 0 Å². The Labute approximate surface area is 191 Å². The van der Waals surface area contributed by atoms with E-state index < -0.39 is 41.4 Å². The average Bonchev–Trinajstić information content (AvgIpc) is 3.13. The van der Waals surface area contributed by atoms with E-state index in [1.54, 1.807) is 0 Å². The van der Waals surface area contributed by atoms with Crippen LogP contribution in [-0.4, -0.2) is 30.5 Å². The quantitative estimate of drug-likeness (QED) is 0.424. The minimum Gasteiger partial charge on any atom is -0.323 e. The molecule has 176 valence electrons. The van der Waals surface area contributed by atoms with Crippen LogP contribution < -0.4 is 10.9 Å². The molecule has 0 atom stereocenters. The first-order valence-corrected chi connectivity index (χ1v) is 9.79. The molecular weight excluding hydrogens is 487 g/mol. The molecule has 2 aromatic heterocycles. The van der Waals surface area contributed by atoms with Gasteiger partial charge in [-0.2, -0.15) is 13.2 Å². The molecule has 0 aliphatic heterocycles. The first-order chi connectivity index (χ1) is 16.0. The molecule has 14 heteroatoms. The maximum atomic E-state index is 13.4. The standard InChI is InChI=1S/C20H12ClF5N6O2/c21-14-2-1-11(20(24,25)26)5-15(14)28-16(33)8-31-9-27-18-17(19(31)34)29-30-32(18)7-10-3-12(22)6-13(23)4-10/h1-6,9H,7-8H2,(H,28,33). The molecule has 8 nitrogen and oxygen atoms in total. The van der Waals surface area contributed by atoms with Gasteiger partial charge in [-0.15, -0.1) is 5.10 Å². The highest BCUT2D eigenvalue weighted by Crippen LogP contribution is 2.33. The normalized spacial score (nSPS) is 11.7. The molecular formula is C20H12ClF5N6O2. The summed E-state index contributed by atoms with van der Waals surface area (Å²) in [7, 11) is 0. The maximum absolute atomic E-state index is 13.4. The Balaban J connectivity index is 1.55. The van der Waals surface area contributed by atoms with Crippen molar-refractivity contribution in [2.24, 2.45) is 0 Å².